The molecule has 0 aliphatic heterocycles. The minimum absolute atomic E-state index is 0.134. The molecule has 0 atom stereocenters. The van der Waals surface area contributed by atoms with Crippen LogP contribution in [0.15, 0.2) is 36.4 Å². The molecule has 0 saturated heterocycles. The van der Waals surface area contributed by atoms with Crippen molar-refractivity contribution in [3.8, 4) is 5.75 Å². The lowest BCUT2D eigenvalue weighted by molar-refractivity contribution is 0.102. The largest absolute Gasteiger partial charge is 0.493 e. The first-order chi connectivity index (χ1) is 11.4. The minimum Gasteiger partial charge on any atom is -0.493 e. The molecular weight excluding hydrogens is 298 g/mol. The van der Waals surface area contributed by atoms with E-state index >= 15 is 0 Å². The molecule has 2 aromatic carbocycles. The molecule has 3 heteroatoms. The molecule has 0 unspecified atom stereocenters. The maximum absolute atomic E-state index is 12.7. The first-order valence-corrected chi connectivity index (χ1v) is 8.49. The van der Waals surface area contributed by atoms with E-state index in [0.717, 1.165) is 23.2 Å². The Hall–Kier alpha value is -2.29. The lowest BCUT2D eigenvalue weighted by Gasteiger charge is -2.15. The number of ether oxygens (including phenoxy) is 1. The van der Waals surface area contributed by atoms with Crippen LogP contribution in [-0.2, 0) is 0 Å². The Morgan fingerprint density at radius 3 is 2.33 bits per heavy atom. The van der Waals surface area contributed by atoms with Crippen LogP contribution in [0.4, 0.5) is 5.69 Å². The Morgan fingerprint density at radius 2 is 1.71 bits per heavy atom. The van der Waals surface area contributed by atoms with Crippen molar-refractivity contribution in [1.29, 1.82) is 0 Å². The van der Waals surface area contributed by atoms with Gasteiger partial charge in [0.25, 0.3) is 5.91 Å². The molecule has 0 fully saturated rings. The maximum atomic E-state index is 12.7. The van der Waals surface area contributed by atoms with Gasteiger partial charge in [-0.1, -0.05) is 43.7 Å². The van der Waals surface area contributed by atoms with Crippen molar-refractivity contribution in [2.24, 2.45) is 5.92 Å². The molecule has 0 spiro atoms. The number of aryl methyl sites for hydroxylation is 3. The van der Waals surface area contributed by atoms with Gasteiger partial charge in [0, 0.05) is 5.69 Å². The highest BCUT2D eigenvalue weighted by Gasteiger charge is 2.14. The highest BCUT2D eigenvalue weighted by Crippen LogP contribution is 2.25. The van der Waals surface area contributed by atoms with Gasteiger partial charge in [-0.2, -0.15) is 0 Å². The van der Waals surface area contributed by atoms with Crippen LogP contribution in [0.3, 0.4) is 0 Å². The summed E-state index contributed by atoms with van der Waals surface area (Å²) in [6, 6.07) is 11.6. The predicted molar refractivity (Wildman–Crippen MR) is 100.0 cm³/mol. The predicted octanol–water partition coefficient (Wildman–Crippen LogP) is 5.29. The third-order valence-electron chi connectivity index (χ3n) is 4.00. The SMILES string of the molecule is Cc1cc(C)c(NC(=O)c2ccccc2OCCC(C)C)c(C)c1. The van der Waals surface area contributed by atoms with E-state index in [1.807, 2.05) is 32.0 Å². The van der Waals surface area contributed by atoms with Crippen molar-refractivity contribution in [1.82, 2.24) is 0 Å². The lowest BCUT2D eigenvalue weighted by Crippen LogP contribution is -2.16. The Kier molecular flexibility index (Phi) is 6.02. The van der Waals surface area contributed by atoms with Gasteiger partial charge in [-0.05, 0) is 56.4 Å². The topological polar surface area (TPSA) is 38.3 Å². The molecule has 128 valence electrons. The Morgan fingerprint density at radius 1 is 1.08 bits per heavy atom. The zero-order valence-corrected chi connectivity index (χ0v) is 15.3. The van der Waals surface area contributed by atoms with Crippen molar-refractivity contribution in [2.75, 3.05) is 11.9 Å². The monoisotopic (exact) mass is 325 g/mol. The number of para-hydroxylation sites is 1. The first kappa shape index (κ1) is 18.1. The molecule has 24 heavy (non-hydrogen) atoms. The average Bonchev–Trinajstić information content (AvgIpc) is 2.50. The second-order valence-corrected chi connectivity index (χ2v) is 6.75. The van der Waals surface area contributed by atoms with E-state index < -0.39 is 0 Å². The third kappa shape index (κ3) is 4.60. The van der Waals surface area contributed by atoms with Gasteiger partial charge in [0.2, 0.25) is 0 Å². The van der Waals surface area contributed by atoms with E-state index in [-0.39, 0.29) is 5.91 Å². The summed E-state index contributed by atoms with van der Waals surface area (Å²) in [5, 5.41) is 3.04. The molecule has 2 aromatic rings. The van der Waals surface area contributed by atoms with Gasteiger partial charge in [-0.15, -0.1) is 0 Å². The van der Waals surface area contributed by atoms with Crippen molar-refractivity contribution in [3.63, 3.8) is 0 Å². The number of hydrogen-bond acceptors (Lipinski definition) is 2. The molecule has 0 bridgehead atoms. The van der Waals surface area contributed by atoms with Crippen molar-refractivity contribution in [3.05, 3.63) is 58.7 Å². The van der Waals surface area contributed by atoms with Crippen LogP contribution in [0, 0.1) is 26.7 Å². The van der Waals surface area contributed by atoms with Crippen LogP contribution < -0.4 is 10.1 Å². The summed E-state index contributed by atoms with van der Waals surface area (Å²) < 4.78 is 5.83. The molecule has 0 radical (unpaired) electrons. The van der Waals surface area contributed by atoms with E-state index in [0.29, 0.717) is 23.8 Å². The Balaban J connectivity index is 2.18. The number of carbonyl (C=O) groups excluding carboxylic acids is 1. The highest BCUT2D eigenvalue weighted by atomic mass is 16.5. The average molecular weight is 325 g/mol. The van der Waals surface area contributed by atoms with Gasteiger partial charge in [0.05, 0.1) is 12.2 Å². The summed E-state index contributed by atoms with van der Waals surface area (Å²) >= 11 is 0. The molecule has 1 amide bonds. The van der Waals surface area contributed by atoms with Crippen molar-refractivity contribution < 1.29 is 9.53 Å². The molecule has 0 heterocycles. The summed E-state index contributed by atoms with van der Waals surface area (Å²) in [6.45, 7) is 11.0. The van der Waals surface area contributed by atoms with Gasteiger partial charge in [-0.3, -0.25) is 4.79 Å². The van der Waals surface area contributed by atoms with Crippen LogP contribution in [0.1, 0.15) is 47.3 Å². The maximum Gasteiger partial charge on any atom is 0.259 e. The van der Waals surface area contributed by atoms with E-state index in [4.69, 9.17) is 4.74 Å². The summed E-state index contributed by atoms with van der Waals surface area (Å²) in [5.41, 5.74) is 4.78. The molecule has 2 rings (SSSR count). The summed E-state index contributed by atoms with van der Waals surface area (Å²) in [7, 11) is 0. The normalized spacial score (nSPS) is 10.8. The van der Waals surface area contributed by atoms with Gasteiger partial charge in [0.1, 0.15) is 5.75 Å². The second kappa shape index (κ2) is 8.00. The van der Waals surface area contributed by atoms with Crippen molar-refractivity contribution >= 4 is 11.6 Å². The third-order valence-corrected chi connectivity index (χ3v) is 4.00. The lowest BCUT2D eigenvalue weighted by atomic mass is 10.0. The van der Waals surface area contributed by atoms with Crippen LogP contribution in [-0.4, -0.2) is 12.5 Å². The zero-order valence-electron chi connectivity index (χ0n) is 15.3. The Bertz CT molecular complexity index is 697. The molecule has 3 nitrogen and oxygen atoms in total. The number of nitrogens with one attached hydrogen (secondary N) is 1. The molecular formula is C21H27NO2. The summed E-state index contributed by atoms with van der Waals surface area (Å²) in [6.07, 6.45) is 0.964. The molecule has 0 aliphatic rings. The number of carbonyl (C=O) groups is 1. The first-order valence-electron chi connectivity index (χ1n) is 8.49. The van der Waals surface area contributed by atoms with Gasteiger partial charge in [-0.25, -0.2) is 0 Å². The van der Waals surface area contributed by atoms with E-state index in [1.54, 1.807) is 6.07 Å². The summed E-state index contributed by atoms with van der Waals surface area (Å²) in [4.78, 5) is 12.7. The van der Waals surface area contributed by atoms with Gasteiger partial charge < -0.3 is 10.1 Å². The van der Waals surface area contributed by atoms with Crippen LogP contribution in [0.25, 0.3) is 0 Å². The molecule has 0 saturated carbocycles. The van der Waals surface area contributed by atoms with Gasteiger partial charge >= 0.3 is 0 Å². The number of benzene rings is 2. The van der Waals surface area contributed by atoms with E-state index in [9.17, 15) is 4.79 Å². The number of anilines is 1. The van der Waals surface area contributed by atoms with Gasteiger partial charge in [0.15, 0.2) is 0 Å². The molecule has 1 N–H and O–H groups in total. The zero-order chi connectivity index (χ0) is 17.7. The number of amides is 1. The van der Waals surface area contributed by atoms with Crippen molar-refractivity contribution in [2.45, 2.75) is 41.0 Å². The standard InChI is InChI=1S/C21H27NO2/c1-14(2)10-11-24-19-9-7-6-8-18(19)21(23)22-20-16(4)12-15(3)13-17(20)5/h6-9,12-14H,10-11H2,1-5H3,(H,22,23). The Labute approximate surface area is 145 Å². The van der Waals surface area contributed by atoms with E-state index in [1.165, 1.54) is 5.56 Å². The summed E-state index contributed by atoms with van der Waals surface area (Å²) in [5.74, 6) is 1.08. The number of hydrogen-bond donors (Lipinski definition) is 1. The highest BCUT2D eigenvalue weighted by molar-refractivity contribution is 6.06. The van der Waals surface area contributed by atoms with Crippen LogP contribution in [0.5, 0.6) is 5.75 Å². The second-order valence-electron chi connectivity index (χ2n) is 6.75. The molecule has 0 aliphatic carbocycles. The smallest absolute Gasteiger partial charge is 0.259 e. The fourth-order valence-corrected chi connectivity index (χ4v) is 2.74. The minimum atomic E-state index is -0.134. The fourth-order valence-electron chi connectivity index (χ4n) is 2.74. The quantitative estimate of drug-likeness (QED) is 0.783. The van der Waals surface area contributed by atoms with E-state index in [2.05, 4.69) is 38.2 Å². The number of rotatable bonds is 6. The van der Waals surface area contributed by atoms with Crippen LogP contribution >= 0.6 is 0 Å². The molecule has 0 aromatic heterocycles. The fraction of sp³-hybridized carbons (Fsp3) is 0.381. The van der Waals surface area contributed by atoms with Crippen LogP contribution in [0.2, 0.25) is 0 Å².